The van der Waals surface area contributed by atoms with Gasteiger partial charge in [0.05, 0.1) is 5.56 Å². The molecule has 48 valence electrons. The van der Waals surface area contributed by atoms with Crippen molar-refractivity contribution < 1.29 is 9.90 Å². The minimum Gasteiger partial charge on any atom is -0.478 e. The van der Waals surface area contributed by atoms with Crippen LogP contribution in [0.3, 0.4) is 0 Å². The van der Waals surface area contributed by atoms with Crippen LogP contribution in [0, 0.1) is 0 Å². The predicted molar refractivity (Wildman–Crippen MR) is 36.3 cm³/mol. The van der Waals surface area contributed by atoms with Crippen LogP contribution in [0.1, 0.15) is 10.4 Å². The number of carboxylic acids is 1. The lowest BCUT2D eigenvalue weighted by molar-refractivity contribution is 0.0697. The first-order valence-corrected chi connectivity index (χ1v) is 3.44. The molecule has 0 bridgehead atoms. The molecule has 9 heavy (non-hydrogen) atoms. The number of hydrogen-bond acceptors (Lipinski definition) is 2. The summed E-state index contributed by atoms with van der Waals surface area (Å²) in [5.41, 5.74) is 0.182. The van der Waals surface area contributed by atoms with Crippen molar-refractivity contribution in [2.75, 3.05) is 0 Å². The summed E-state index contributed by atoms with van der Waals surface area (Å²) in [5.74, 6) is -0.971. The molecule has 1 heterocycles. The third-order valence-corrected chi connectivity index (χ3v) is 2.02. The van der Waals surface area contributed by atoms with E-state index >= 15 is 0 Å². The predicted octanol–water partition coefficient (Wildman–Crippen LogP) is 2.10. The molecule has 2 nitrogen and oxygen atoms in total. The Morgan fingerprint density at radius 3 is 2.67 bits per heavy atom. The molecule has 0 atom stereocenters. The zero-order valence-corrected chi connectivity index (χ0v) is 5.87. The molecule has 0 fully saturated rings. The van der Waals surface area contributed by atoms with Gasteiger partial charge in [-0.3, -0.25) is 0 Å². The van der Waals surface area contributed by atoms with Gasteiger partial charge in [0.15, 0.2) is 0 Å². The Morgan fingerprint density at radius 2 is 2.44 bits per heavy atom. The smallest absolute Gasteiger partial charge is 0.338 e. The third-order valence-electron chi connectivity index (χ3n) is 0.848. The van der Waals surface area contributed by atoms with Gasteiger partial charge in [-0.2, -0.15) is 0 Å². The van der Waals surface area contributed by atoms with Gasteiger partial charge in [0.2, 0.25) is 0 Å². The van der Waals surface area contributed by atoms with Crippen LogP contribution in [0.25, 0.3) is 0 Å². The molecule has 0 unspecified atom stereocenters. The zero-order valence-electron chi connectivity index (χ0n) is 4.30. The normalized spacial score (nSPS) is 9.44. The molecule has 0 amide bonds. The van der Waals surface area contributed by atoms with Crippen LogP contribution in [0.5, 0.6) is 0 Å². The number of halogens is 1. The lowest BCUT2D eigenvalue weighted by atomic mass is 10.4. The van der Waals surface area contributed by atoms with Crippen molar-refractivity contribution in [1.29, 1.82) is 0 Å². The number of hydrogen-bond donors (Lipinski definition) is 1. The molecule has 0 spiro atoms. The quantitative estimate of drug-likeness (QED) is 0.687. The van der Waals surface area contributed by atoms with Gasteiger partial charge in [-0.25, -0.2) is 4.79 Å². The summed E-state index contributed by atoms with van der Waals surface area (Å²) in [6.45, 7) is 0. The summed E-state index contributed by atoms with van der Waals surface area (Å²) in [5, 5.41) is 10.0. The molecule has 0 aliphatic carbocycles. The van der Waals surface area contributed by atoms with E-state index in [1.54, 1.807) is 5.38 Å². The zero-order chi connectivity index (χ0) is 6.85. The minimum absolute atomic E-state index is 0.182. The molecule has 1 aromatic rings. The average Bonchev–Trinajstić information content (AvgIpc) is 2.13. The highest BCUT2D eigenvalue weighted by molar-refractivity contribution is 7.14. The van der Waals surface area contributed by atoms with Gasteiger partial charge in [-0.05, 0) is 11.4 Å². The standard InChI is InChI=1S/C5H3ClO2S/c6-4-3(5(7)8)1-2-9-4/h1-2H,(H,7,8). The van der Waals surface area contributed by atoms with Gasteiger partial charge in [-0.15, -0.1) is 11.3 Å². The van der Waals surface area contributed by atoms with Crippen molar-refractivity contribution >= 4 is 28.9 Å². The Kier molecular flexibility index (Phi) is 1.73. The average molecular weight is 163 g/mol. The van der Waals surface area contributed by atoms with Crippen LogP contribution in [-0.2, 0) is 0 Å². The van der Waals surface area contributed by atoms with Crippen molar-refractivity contribution in [2.24, 2.45) is 0 Å². The fraction of sp³-hybridized carbons (Fsp3) is 0. The number of carbonyl (C=O) groups is 1. The lowest BCUT2D eigenvalue weighted by Gasteiger charge is -1.84. The summed E-state index contributed by atoms with van der Waals surface area (Å²) in [6.07, 6.45) is 0. The second-order valence-electron chi connectivity index (χ2n) is 1.41. The van der Waals surface area contributed by atoms with Gasteiger partial charge in [0.25, 0.3) is 0 Å². The van der Waals surface area contributed by atoms with Crippen molar-refractivity contribution in [1.82, 2.24) is 0 Å². The molecule has 0 saturated heterocycles. The number of thiophene rings is 1. The van der Waals surface area contributed by atoms with Gasteiger partial charge in [0.1, 0.15) is 4.34 Å². The van der Waals surface area contributed by atoms with Gasteiger partial charge < -0.3 is 5.11 Å². The molecule has 1 aromatic heterocycles. The summed E-state index contributed by atoms with van der Waals surface area (Å²) in [4.78, 5) is 10.2. The van der Waals surface area contributed by atoms with Crippen LogP contribution in [0.2, 0.25) is 4.34 Å². The highest BCUT2D eigenvalue weighted by Crippen LogP contribution is 2.21. The lowest BCUT2D eigenvalue weighted by Crippen LogP contribution is -1.92. The molecule has 0 aliphatic rings. The Balaban J connectivity index is 3.08. The van der Waals surface area contributed by atoms with E-state index in [2.05, 4.69) is 0 Å². The first-order valence-electron chi connectivity index (χ1n) is 2.18. The maximum atomic E-state index is 10.2. The minimum atomic E-state index is -0.971. The molecule has 1 rings (SSSR count). The third kappa shape index (κ3) is 1.23. The monoisotopic (exact) mass is 162 g/mol. The van der Waals surface area contributed by atoms with E-state index < -0.39 is 5.97 Å². The van der Waals surface area contributed by atoms with Crippen LogP contribution < -0.4 is 0 Å². The second kappa shape index (κ2) is 2.37. The molecular formula is C5H3ClO2S. The largest absolute Gasteiger partial charge is 0.478 e. The molecule has 0 aliphatic heterocycles. The molecule has 1 N–H and O–H groups in total. The van der Waals surface area contributed by atoms with E-state index in [1.807, 2.05) is 0 Å². The molecule has 0 saturated carbocycles. The van der Waals surface area contributed by atoms with E-state index in [0.29, 0.717) is 4.34 Å². The highest BCUT2D eigenvalue weighted by Gasteiger charge is 2.07. The van der Waals surface area contributed by atoms with Gasteiger partial charge in [0, 0.05) is 0 Å². The van der Waals surface area contributed by atoms with Crippen LogP contribution in [0.15, 0.2) is 11.4 Å². The fourth-order valence-corrected chi connectivity index (χ4v) is 1.35. The molecule has 0 aromatic carbocycles. The van der Waals surface area contributed by atoms with E-state index in [-0.39, 0.29) is 5.56 Å². The SMILES string of the molecule is O=C(O)c1ccsc1Cl. The number of aromatic carboxylic acids is 1. The van der Waals surface area contributed by atoms with Gasteiger partial charge in [-0.1, -0.05) is 11.6 Å². The van der Waals surface area contributed by atoms with Crippen molar-refractivity contribution in [3.8, 4) is 0 Å². The summed E-state index contributed by atoms with van der Waals surface area (Å²) in [7, 11) is 0. The molecular weight excluding hydrogens is 160 g/mol. The van der Waals surface area contributed by atoms with Crippen molar-refractivity contribution in [3.63, 3.8) is 0 Å². The van der Waals surface area contributed by atoms with Crippen LogP contribution >= 0.6 is 22.9 Å². The summed E-state index contributed by atoms with van der Waals surface area (Å²) >= 11 is 6.69. The Hall–Kier alpha value is -0.540. The second-order valence-corrected chi connectivity index (χ2v) is 2.93. The first kappa shape index (κ1) is 6.58. The Morgan fingerprint density at radius 1 is 1.78 bits per heavy atom. The van der Waals surface area contributed by atoms with E-state index in [9.17, 15) is 4.79 Å². The van der Waals surface area contributed by atoms with Crippen LogP contribution in [0.4, 0.5) is 0 Å². The fourth-order valence-electron chi connectivity index (χ4n) is 0.446. The maximum Gasteiger partial charge on any atom is 0.338 e. The molecule has 4 heteroatoms. The maximum absolute atomic E-state index is 10.2. The number of carboxylic acid groups (broad SMARTS) is 1. The van der Waals surface area contributed by atoms with E-state index in [1.165, 1.54) is 17.4 Å². The van der Waals surface area contributed by atoms with Gasteiger partial charge >= 0.3 is 5.97 Å². The van der Waals surface area contributed by atoms with Crippen molar-refractivity contribution in [2.45, 2.75) is 0 Å². The Labute approximate surface area is 60.7 Å². The van der Waals surface area contributed by atoms with E-state index in [0.717, 1.165) is 0 Å². The van der Waals surface area contributed by atoms with Crippen molar-refractivity contribution in [3.05, 3.63) is 21.3 Å². The molecule has 0 radical (unpaired) electrons. The van der Waals surface area contributed by atoms with Crippen LogP contribution in [-0.4, -0.2) is 11.1 Å². The number of rotatable bonds is 1. The van der Waals surface area contributed by atoms with E-state index in [4.69, 9.17) is 16.7 Å². The Bertz CT molecular complexity index is 231. The summed E-state index contributed by atoms with van der Waals surface area (Å²) < 4.78 is 0.336. The topological polar surface area (TPSA) is 37.3 Å². The highest BCUT2D eigenvalue weighted by atomic mass is 35.5. The summed E-state index contributed by atoms with van der Waals surface area (Å²) in [6, 6.07) is 1.48. The first-order chi connectivity index (χ1) is 4.22.